The predicted molar refractivity (Wildman–Crippen MR) is 49.8 cm³/mol. The number of nitrogens with two attached hydrogens (primary N) is 1. The molecule has 10 heavy (non-hydrogen) atoms. The molecule has 0 radical (unpaired) electrons. The van der Waals surface area contributed by atoms with Gasteiger partial charge in [-0.15, -0.1) is 0 Å². The van der Waals surface area contributed by atoms with Gasteiger partial charge in [-0.1, -0.05) is 33.6 Å². The summed E-state index contributed by atoms with van der Waals surface area (Å²) in [5.41, 5.74) is 6.14. The summed E-state index contributed by atoms with van der Waals surface area (Å²) in [4.78, 5) is 0. The largest absolute Gasteiger partial charge is 0.335 e. The molecule has 0 fully saturated rings. The molecule has 2 N–H and O–H groups in total. The van der Waals surface area contributed by atoms with E-state index in [9.17, 15) is 0 Å². The Morgan fingerprint density at radius 3 is 2.30 bits per heavy atom. The predicted octanol–water partition coefficient (Wildman–Crippen LogP) is 1.12. The topological polar surface area (TPSA) is 26.0 Å². The van der Waals surface area contributed by atoms with Crippen LogP contribution in [0.5, 0.6) is 0 Å². The molecule has 0 saturated carbocycles. The van der Waals surface area contributed by atoms with Crippen LogP contribution in [0, 0.1) is 5.41 Å². The number of rotatable bonds is 4. The molecule has 0 saturated heterocycles. The Balaban J connectivity index is 3.63. The van der Waals surface area contributed by atoms with E-state index in [1.807, 2.05) is 0 Å². The van der Waals surface area contributed by atoms with E-state index in [4.69, 9.17) is 5.73 Å². The minimum Gasteiger partial charge on any atom is -0.335 e. The fraction of sp³-hybridized carbons (Fsp3) is 1.00. The van der Waals surface area contributed by atoms with Gasteiger partial charge in [0.15, 0.2) is 0 Å². The van der Waals surface area contributed by atoms with E-state index < -0.39 is 0 Å². The van der Waals surface area contributed by atoms with Gasteiger partial charge in [-0.3, -0.25) is 0 Å². The summed E-state index contributed by atoms with van der Waals surface area (Å²) in [5.74, 6) is 0.319. The summed E-state index contributed by atoms with van der Waals surface area (Å²) in [7, 11) is 2.09. The Hall–Kier alpha value is 0.0249. The van der Waals surface area contributed by atoms with Gasteiger partial charge in [0.25, 0.3) is 0 Å². The lowest BCUT2D eigenvalue weighted by molar-refractivity contribution is 0.310. The van der Waals surface area contributed by atoms with Crippen LogP contribution in [0.25, 0.3) is 0 Å². The third-order valence-corrected chi connectivity index (χ3v) is 2.41. The molecule has 0 aliphatic carbocycles. The van der Waals surface area contributed by atoms with Gasteiger partial charge in [0.05, 0.1) is 0 Å². The lowest BCUT2D eigenvalue weighted by atomic mass is 9.71. The van der Waals surface area contributed by atoms with Crippen molar-refractivity contribution in [3.63, 3.8) is 0 Å². The lowest BCUT2D eigenvalue weighted by Gasteiger charge is -2.28. The Morgan fingerprint density at radius 1 is 1.50 bits per heavy atom. The smallest absolute Gasteiger partial charge is 0.123 e. The van der Waals surface area contributed by atoms with Crippen molar-refractivity contribution in [1.82, 2.24) is 0 Å². The average Bonchev–Trinajstić information content (AvgIpc) is 1.84. The summed E-state index contributed by atoms with van der Waals surface area (Å²) in [6.45, 7) is 6.71. The third kappa shape index (κ3) is 3.26. The Labute approximate surface area is 65.8 Å². The highest BCUT2D eigenvalue weighted by atomic mass is 14.6. The van der Waals surface area contributed by atoms with Crippen molar-refractivity contribution in [3.05, 3.63) is 0 Å². The van der Waals surface area contributed by atoms with Crippen molar-refractivity contribution in [2.24, 2.45) is 11.1 Å². The molecule has 1 nitrogen and oxygen atoms in total. The lowest BCUT2D eigenvalue weighted by Crippen LogP contribution is -2.37. The average molecular weight is 141 g/mol. The second kappa shape index (κ2) is 4.02. The number of hydrogen-bond donors (Lipinski definition) is 1. The molecular weight excluding hydrogens is 121 g/mol. The maximum atomic E-state index is 5.81. The minimum atomic E-state index is 0.319. The molecule has 0 aromatic carbocycles. The summed E-state index contributed by atoms with van der Waals surface area (Å²) in [6, 6.07) is 0. The Bertz CT molecular complexity index is 89.3. The number of hydrogen-bond acceptors (Lipinski definition) is 1. The zero-order valence-electron chi connectivity index (χ0n) is 7.78. The molecule has 60 valence electrons. The van der Waals surface area contributed by atoms with Crippen molar-refractivity contribution in [2.45, 2.75) is 46.0 Å². The summed E-state index contributed by atoms with van der Waals surface area (Å²) >= 11 is 0. The second-order valence-corrected chi connectivity index (χ2v) is 3.88. The molecule has 0 amide bonds. The van der Waals surface area contributed by atoms with Crippen LogP contribution in [-0.2, 0) is 0 Å². The molecule has 1 atom stereocenters. The fourth-order valence-corrected chi connectivity index (χ4v) is 0.860. The van der Waals surface area contributed by atoms with Gasteiger partial charge >= 0.3 is 0 Å². The highest BCUT2D eigenvalue weighted by Crippen LogP contribution is 2.24. The van der Waals surface area contributed by atoms with E-state index in [0.29, 0.717) is 11.4 Å². The molecular formula is C8H20BN. The summed E-state index contributed by atoms with van der Waals surface area (Å²) in [5, 5.41) is 0. The van der Waals surface area contributed by atoms with Gasteiger partial charge in [0.1, 0.15) is 7.85 Å². The van der Waals surface area contributed by atoms with Crippen molar-refractivity contribution in [3.8, 4) is 0 Å². The fourth-order valence-electron chi connectivity index (χ4n) is 0.860. The molecule has 0 aliphatic heterocycles. The van der Waals surface area contributed by atoms with Crippen molar-refractivity contribution in [2.75, 3.05) is 0 Å². The first-order valence-electron chi connectivity index (χ1n) is 4.26. The first-order valence-corrected chi connectivity index (χ1v) is 4.26. The van der Waals surface area contributed by atoms with Gasteiger partial charge in [0.2, 0.25) is 0 Å². The highest BCUT2D eigenvalue weighted by molar-refractivity contribution is 6.12. The molecule has 0 aromatic rings. The quantitative estimate of drug-likeness (QED) is 0.583. The van der Waals surface area contributed by atoms with Crippen molar-refractivity contribution < 1.29 is 0 Å². The van der Waals surface area contributed by atoms with Gasteiger partial charge in [-0.05, 0) is 17.8 Å². The standard InChI is InChI=1S/C8H20BN/c1-4-5-6-8(2,3)7(9)10/h7H,4-6,9-10H2,1-3H3. The molecule has 1 unspecified atom stereocenters. The van der Waals surface area contributed by atoms with Gasteiger partial charge in [-0.25, -0.2) is 0 Å². The molecule has 2 heteroatoms. The first-order chi connectivity index (χ1) is 4.50. The van der Waals surface area contributed by atoms with E-state index in [1.54, 1.807) is 0 Å². The molecule has 0 rings (SSSR count). The zero-order chi connectivity index (χ0) is 8.20. The van der Waals surface area contributed by atoms with Crippen LogP contribution in [-0.4, -0.2) is 13.8 Å². The summed E-state index contributed by atoms with van der Waals surface area (Å²) in [6.07, 6.45) is 3.83. The molecule has 0 aromatic heterocycles. The van der Waals surface area contributed by atoms with E-state index in [2.05, 4.69) is 28.6 Å². The van der Waals surface area contributed by atoms with E-state index >= 15 is 0 Å². The number of unbranched alkanes of at least 4 members (excludes halogenated alkanes) is 1. The van der Waals surface area contributed by atoms with Crippen LogP contribution < -0.4 is 5.73 Å². The summed E-state index contributed by atoms with van der Waals surface area (Å²) < 4.78 is 0. The van der Waals surface area contributed by atoms with Gasteiger partial charge in [-0.2, -0.15) is 0 Å². The van der Waals surface area contributed by atoms with E-state index in [1.165, 1.54) is 19.3 Å². The van der Waals surface area contributed by atoms with Crippen LogP contribution in [0.15, 0.2) is 0 Å². The van der Waals surface area contributed by atoms with E-state index in [-0.39, 0.29) is 0 Å². The SMILES string of the molecule is BC(N)C(C)(C)CCCC. The minimum absolute atomic E-state index is 0.319. The van der Waals surface area contributed by atoms with Crippen LogP contribution in [0.2, 0.25) is 0 Å². The van der Waals surface area contributed by atoms with Crippen LogP contribution in [0.1, 0.15) is 40.0 Å². The van der Waals surface area contributed by atoms with Crippen LogP contribution in [0.3, 0.4) is 0 Å². The Morgan fingerprint density at radius 2 is 2.00 bits per heavy atom. The normalized spacial score (nSPS) is 15.2. The van der Waals surface area contributed by atoms with E-state index in [0.717, 1.165) is 0 Å². The van der Waals surface area contributed by atoms with Crippen molar-refractivity contribution >= 4 is 7.85 Å². The first kappa shape index (κ1) is 10.0. The van der Waals surface area contributed by atoms with Gasteiger partial charge < -0.3 is 5.73 Å². The molecule has 0 aliphatic rings. The molecule has 0 spiro atoms. The highest BCUT2D eigenvalue weighted by Gasteiger charge is 2.21. The third-order valence-electron chi connectivity index (χ3n) is 2.41. The van der Waals surface area contributed by atoms with Crippen LogP contribution in [0.4, 0.5) is 0 Å². The second-order valence-electron chi connectivity index (χ2n) is 3.88. The molecule has 0 heterocycles. The monoisotopic (exact) mass is 141 g/mol. The maximum Gasteiger partial charge on any atom is 0.123 e. The zero-order valence-corrected chi connectivity index (χ0v) is 7.78. The van der Waals surface area contributed by atoms with Crippen molar-refractivity contribution in [1.29, 1.82) is 0 Å². The maximum absolute atomic E-state index is 5.81. The van der Waals surface area contributed by atoms with Crippen LogP contribution >= 0.6 is 0 Å². The Kier molecular flexibility index (Phi) is 4.03. The van der Waals surface area contributed by atoms with Gasteiger partial charge in [0, 0.05) is 0 Å². The molecule has 0 bridgehead atoms.